The lowest BCUT2D eigenvalue weighted by Gasteiger charge is -2.23. The first-order valence-electron chi connectivity index (χ1n) is 6.85. The van der Waals surface area contributed by atoms with Crippen molar-refractivity contribution in [3.05, 3.63) is 29.3 Å². The van der Waals surface area contributed by atoms with Gasteiger partial charge in [-0.15, -0.1) is 0 Å². The number of benzene rings is 1. The van der Waals surface area contributed by atoms with Crippen LogP contribution in [-0.4, -0.2) is 35.6 Å². The molecule has 0 aliphatic carbocycles. The van der Waals surface area contributed by atoms with E-state index in [-0.39, 0.29) is 6.10 Å². The number of hydrogen-bond acceptors (Lipinski definition) is 3. The summed E-state index contributed by atoms with van der Waals surface area (Å²) in [6, 6.07) is 6.41. The Morgan fingerprint density at radius 1 is 1.53 bits per heavy atom. The van der Waals surface area contributed by atoms with Crippen molar-refractivity contribution < 1.29 is 4.74 Å². The van der Waals surface area contributed by atoms with Crippen LogP contribution in [0, 0.1) is 6.92 Å². The summed E-state index contributed by atoms with van der Waals surface area (Å²) in [7, 11) is 0. The minimum Gasteiger partial charge on any atom is -0.488 e. The van der Waals surface area contributed by atoms with Crippen molar-refractivity contribution in [1.82, 2.24) is 4.90 Å². The quantitative estimate of drug-likeness (QED) is 0.810. The second-order valence-corrected chi connectivity index (χ2v) is 5.69. The van der Waals surface area contributed by atoms with E-state index in [2.05, 4.69) is 36.9 Å². The number of ether oxygens (including phenoxy) is 1. The van der Waals surface area contributed by atoms with Gasteiger partial charge in [0.15, 0.2) is 0 Å². The molecule has 1 aliphatic heterocycles. The Kier molecular flexibility index (Phi) is 4.77. The molecule has 1 aromatic carbocycles. The van der Waals surface area contributed by atoms with Gasteiger partial charge in [-0.25, -0.2) is 0 Å². The second kappa shape index (κ2) is 6.35. The summed E-state index contributed by atoms with van der Waals surface area (Å²) in [6.07, 6.45) is 2.03. The standard InChI is InChI=1S/C15H22N2OS/c1-3-17(7-6-15(16)19)10-13-9-12-8-11(2)4-5-14(12)18-13/h4-5,8,13H,3,6-7,9-10H2,1-2H3,(H2,16,19). The van der Waals surface area contributed by atoms with E-state index < -0.39 is 0 Å². The van der Waals surface area contributed by atoms with Crippen LogP contribution in [-0.2, 0) is 6.42 Å². The van der Waals surface area contributed by atoms with Crippen LogP contribution < -0.4 is 10.5 Å². The Balaban J connectivity index is 1.89. The van der Waals surface area contributed by atoms with Crippen LogP contribution in [0.4, 0.5) is 0 Å². The second-order valence-electron chi connectivity index (χ2n) is 5.16. The monoisotopic (exact) mass is 278 g/mol. The molecule has 1 unspecified atom stereocenters. The van der Waals surface area contributed by atoms with E-state index in [0.29, 0.717) is 4.99 Å². The molecule has 0 fully saturated rings. The zero-order valence-corrected chi connectivity index (χ0v) is 12.5. The van der Waals surface area contributed by atoms with Gasteiger partial charge in [-0.1, -0.05) is 36.8 Å². The van der Waals surface area contributed by atoms with Crippen molar-refractivity contribution in [3.63, 3.8) is 0 Å². The normalized spacial score (nSPS) is 17.3. The zero-order chi connectivity index (χ0) is 13.8. The van der Waals surface area contributed by atoms with Gasteiger partial charge >= 0.3 is 0 Å². The Morgan fingerprint density at radius 3 is 3.00 bits per heavy atom. The van der Waals surface area contributed by atoms with Gasteiger partial charge in [0.1, 0.15) is 11.9 Å². The Labute approximate surface area is 120 Å². The Morgan fingerprint density at radius 2 is 2.32 bits per heavy atom. The number of hydrogen-bond donors (Lipinski definition) is 1. The summed E-state index contributed by atoms with van der Waals surface area (Å²) in [5.74, 6) is 1.04. The van der Waals surface area contributed by atoms with E-state index >= 15 is 0 Å². The highest BCUT2D eigenvalue weighted by atomic mass is 32.1. The first-order chi connectivity index (χ1) is 9.08. The molecule has 0 bridgehead atoms. The number of aryl methyl sites for hydroxylation is 1. The molecule has 1 atom stereocenters. The van der Waals surface area contributed by atoms with Gasteiger partial charge in [-0.2, -0.15) is 0 Å². The third-order valence-corrected chi connectivity index (χ3v) is 3.74. The smallest absolute Gasteiger partial charge is 0.123 e. The van der Waals surface area contributed by atoms with Crippen LogP contribution >= 0.6 is 12.2 Å². The average Bonchev–Trinajstić information content (AvgIpc) is 2.75. The maximum Gasteiger partial charge on any atom is 0.123 e. The minimum absolute atomic E-state index is 0.253. The predicted molar refractivity (Wildman–Crippen MR) is 82.8 cm³/mol. The first kappa shape index (κ1) is 14.3. The maximum atomic E-state index is 6.00. The third-order valence-electron chi connectivity index (χ3n) is 3.54. The molecule has 104 valence electrons. The van der Waals surface area contributed by atoms with Crippen LogP contribution in [0.2, 0.25) is 0 Å². The van der Waals surface area contributed by atoms with Gasteiger partial charge in [0, 0.05) is 25.9 Å². The average molecular weight is 278 g/mol. The van der Waals surface area contributed by atoms with Gasteiger partial charge in [0.05, 0.1) is 4.99 Å². The highest BCUT2D eigenvalue weighted by Gasteiger charge is 2.24. The van der Waals surface area contributed by atoms with Crippen molar-refractivity contribution in [2.24, 2.45) is 5.73 Å². The van der Waals surface area contributed by atoms with Crippen molar-refractivity contribution in [2.45, 2.75) is 32.8 Å². The molecule has 0 saturated carbocycles. The van der Waals surface area contributed by atoms with Crippen molar-refractivity contribution in [2.75, 3.05) is 19.6 Å². The number of thiocarbonyl (C=S) groups is 1. The molecule has 1 aromatic rings. The molecule has 2 N–H and O–H groups in total. The van der Waals surface area contributed by atoms with E-state index in [0.717, 1.165) is 38.2 Å². The van der Waals surface area contributed by atoms with Gasteiger partial charge in [-0.3, -0.25) is 4.90 Å². The Bertz CT molecular complexity index is 461. The van der Waals surface area contributed by atoms with Gasteiger partial charge in [0.25, 0.3) is 0 Å². The number of nitrogens with two attached hydrogens (primary N) is 1. The molecule has 2 rings (SSSR count). The zero-order valence-electron chi connectivity index (χ0n) is 11.7. The van der Waals surface area contributed by atoms with Crippen molar-refractivity contribution in [1.29, 1.82) is 0 Å². The fourth-order valence-corrected chi connectivity index (χ4v) is 2.58. The molecule has 0 radical (unpaired) electrons. The van der Waals surface area contributed by atoms with Crippen LogP contribution in [0.5, 0.6) is 5.75 Å². The number of nitrogens with zero attached hydrogens (tertiary/aromatic N) is 1. The first-order valence-corrected chi connectivity index (χ1v) is 7.26. The van der Waals surface area contributed by atoms with E-state index in [1.165, 1.54) is 11.1 Å². The molecule has 0 spiro atoms. The fraction of sp³-hybridized carbons (Fsp3) is 0.533. The number of likely N-dealkylation sites (N-methyl/N-ethyl adjacent to an activating group) is 1. The van der Waals surface area contributed by atoms with E-state index in [1.54, 1.807) is 0 Å². The lowest BCUT2D eigenvalue weighted by atomic mass is 10.1. The number of rotatable bonds is 6. The molecule has 0 aromatic heterocycles. The van der Waals surface area contributed by atoms with Gasteiger partial charge in [0.2, 0.25) is 0 Å². The third kappa shape index (κ3) is 3.91. The Hall–Kier alpha value is -1.13. The summed E-state index contributed by atoms with van der Waals surface area (Å²) in [5, 5.41) is 0. The van der Waals surface area contributed by atoms with E-state index in [1.807, 2.05) is 0 Å². The molecule has 4 heteroatoms. The highest BCUT2D eigenvalue weighted by Crippen LogP contribution is 2.29. The van der Waals surface area contributed by atoms with Crippen molar-refractivity contribution >= 4 is 17.2 Å². The summed E-state index contributed by atoms with van der Waals surface area (Å²) < 4.78 is 6.00. The molecule has 0 amide bonds. The molecule has 1 aliphatic rings. The van der Waals surface area contributed by atoms with Crippen LogP contribution in [0.15, 0.2) is 18.2 Å². The number of fused-ring (bicyclic) bond motifs is 1. The lowest BCUT2D eigenvalue weighted by molar-refractivity contribution is 0.156. The van der Waals surface area contributed by atoms with Crippen LogP contribution in [0.1, 0.15) is 24.5 Å². The predicted octanol–water partition coefficient (Wildman–Crippen LogP) is 2.30. The lowest BCUT2D eigenvalue weighted by Crippen LogP contribution is -2.36. The molecule has 0 saturated heterocycles. The summed E-state index contributed by atoms with van der Waals surface area (Å²) in [5.41, 5.74) is 8.19. The van der Waals surface area contributed by atoms with Gasteiger partial charge < -0.3 is 10.5 Å². The maximum absolute atomic E-state index is 6.00. The van der Waals surface area contributed by atoms with E-state index in [9.17, 15) is 0 Å². The van der Waals surface area contributed by atoms with Gasteiger partial charge in [-0.05, 0) is 25.1 Å². The fourth-order valence-electron chi connectivity index (χ4n) is 2.49. The molecule has 1 heterocycles. The minimum atomic E-state index is 0.253. The summed E-state index contributed by atoms with van der Waals surface area (Å²) in [4.78, 5) is 2.94. The topological polar surface area (TPSA) is 38.5 Å². The van der Waals surface area contributed by atoms with Crippen molar-refractivity contribution in [3.8, 4) is 5.75 Å². The summed E-state index contributed by atoms with van der Waals surface area (Å²) >= 11 is 4.94. The highest BCUT2D eigenvalue weighted by molar-refractivity contribution is 7.80. The SMILES string of the molecule is CCN(CCC(N)=S)CC1Cc2cc(C)ccc2O1. The van der Waals surface area contributed by atoms with E-state index in [4.69, 9.17) is 22.7 Å². The molecule has 19 heavy (non-hydrogen) atoms. The van der Waals surface area contributed by atoms with Crippen LogP contribution in [0.3, 0.4) is 0 Å². The molecular formula is C15H22N2OS. The molecular weight excluding hydrogens is 256 g/mol. The summed E-state index contributed by atoms with van der Waals surface area (Å²) in [6.45, 7) is 7.13. The largest absolute Gasteiger partial charge is 0.488 e. The van der Waals surface area contributed by atoms with Crippen LogP contribution in [0.25, 0.3) is 0 Å². The molecule has 3 nitrogen and oxygen atoms in total.